The lowest BCUT2D eigenvalue weighted by molar-refractivity contribution is 1.64. The molecule has 1 aromatic carbocycles. The van der Waals surface area contributed by atoms with Crippen molar-refractivity contribution in [3.63, 3.8) is 0 Å². The molecule has 0 radical (unpaired) electrons. The molecule has 0 amide bonds. The summed E-state index contributed by atoms with van der Waals surface area (Å²) in [6.07, 6.45) is 5.40. The predicted octanol–water partition coefficient (Wildman–Crippen LogP) is 2.17. The number of rotatable bonds is 2. The van der Waals surface area contributed by atoms with Crippen LogP contribution in [0.4, 0.5) is 0 Å². The molecule has 0 bridgehead atoms. The highest BCUT2D eigenvalue weighted by Gasteiger charge is 2.26. The van der Waals surface area contributed by atoms with E-state index in [1.807, 2.05) is 13.0 Å². The van der Waals surface area contributed by atoms with E-state index in [0.29, 0.717) is 0 Å². The minimum Gasteiger partial charge on any atom is -0.125 e. The lowest BCUT2D eigenvalue weighted by Crippen LogP contribution is -2.43. The Morgan fingerprint density at radius 1 is 1.29 bits per heavy atom. The first-order chi connectivity index (χ1) is 6.73. The van der Waals surface area contributed by atoms with Gasteiger partial charge in [0, 0.05) is 6.04 Å². The zero-order valence-electron chi connectivity index (χ0n) is 8.67. The second-order valence-corrected chi connectivity index (χ2v) is 7.30. The van der Waals surface area contributed by atoms with Crippen LogP contribution >= 0.6 is 0 Å². The van der Waals surface area contributed by atoms with Crippen LogP contribution in [0.1, 0.15) is 6.92 Å². The van der Waals surface area contributed by atoms with E-state index in [-0.39, 0.29) is 0 Å². The summed E-state index contributed by atoms with van der Waals surface area (Å²) >= 11 is 0. The van der Waals surface area contributed by atoms with Gasteiger partial charge in [0.15, 0.2) is 8.07 Å². The van der Waals surface area contributed by atoms with Gasteiger partial charge < -0.3 is 0 Å². The van der Waals surface area contributed by atoms with E-state index in [1.165, 1.54) is 5.19 Å². The highest BCUT2D eigenvalue weighted by molar-refractivity contribution is 6.97. The molecule has 0 heterocycles. The van der Waals surface area contributed by atoms with Gasteiger partial charge in [0.25, 0.3) is 0 Å². The molecule has 1 unspecified atom stereocenters. The van der Waals surface area contributed by atoms with Crippen molar-refractivity contribution in [3.8, 4) is 23.8 Å². The fraction of sp³-hybridized carbons (Fsp3) is 0.231. The Morgan fingerprint density at radius 2 is 1.93 bits per heavy atom. The third-order valence-corrected chi connectivity index (χ3v) is 5.59. The van der Waals surface area contributed by atoms with E-state index in [1.54, 1.807) is 0 Å². The summed E-state index contributed by atoms with van der Waals surface area (Å²) in [4.78, 5) is 0. The Labute approximate surface area is 87.4 Å². The summed E-state index contributed by atoms with van der Waals surface area (Å²) < 4.78 is 0. The average Bonchev–Trinajstić information content (AvgIpc) is 2.20. The fourth-order valence-corrected chi connectivity index (χ4v) is 3.83. The van der Waals surface area contributed by atoms with Gasteiger partial charge in [-0.05, 0) is 12.1 Å². The van der Waals surface area contributed by atoms with Crippen LogP contribution in [-0.4, -0.2) is 8.07 Å². The van der Waals surface area contributed by atoms with Gasteiger partial charge in [-0.2, -0.15) is 0 Å². The molecule has 14 heavy (non-hydrogen) atoms. The van der Waals surface area contributed by atoms with Crippen LogP contribution in [-0.2, 0) is 0 Å². The summed E-state index contributed by atoms with van der Waals surface area (Å²) in [7, 11) is -1.72. The summed E-state index contributed by atoms with van der Waals surface area (Å²) in [5.74, 6) is 5.76. The number of terminal acetylenes is 1. The van der Waals surface area contributed by atoms with Crippen LogP contribution in [0.5, 0.6) is 0 Å². The van der Waals surface area contributed by atoms with Gasteiger partial charge in [0.1, 0.15) is 0 Å². The van der Waals surface area contributed by atoms with E-state index in [4.69, 9.17) is 6.42 Å². The Bertz CT molecular complexity index is 389. The maximum absolute atomic E-state index is 5.40. The molecule has 0 aliphatic carbocycles. The molecule has 0 N–H and O–H groups in total. The van der Waals surface area contributed by atoms with Crippen molar-refractivity contribution in [1.29, 1.82) is 0 Å². The average molecular weight is 198 g/mol. The van der Waals surface area contributed by atoms with Crippen molar-refractivity contribution in [2.45, 2.75) is 19.5 Å². The maximum atomic E-state index is 5.40. The van der Waals surface area contributed by atoms with Gasteiger partial charge in [-0.1, -0.05) is 36.9 Å². The van der Waals surface area contributed by atoms with E-state index in [2.05, 4.69) is 48.2 Å². The molecule has 0 aliphatic rings. The molecular formula is C13H14Si. The minimum atomic E-state index is -1.72. The molecule has 70 valence electrons. The second-order valence-electron chi connectivity index (χ2n) is 3.45. The molecule has 0 saturated carbocycles. The standard InChI is InChI=1S/C13H14Si/c1-4-11-14(3,12-5-2)13-9-7-6-8-10-13/h1,6-10H,11H2,2-3H3. The van der Waals surface area contributed by atoms with Gasteiger partial charge in [-0.25, -0.2) is 0 Å². The lowest BCUT2D eigenvalue weighted by Gasteiger charge is -2.18. The smallest absolute Gasteiger partial charge is 0.125 e. The Balaban J connectivity index is 3.11. The Hall–Kier alpha value is -1.44. The fourth-order valence-electron chi connectivity index (χ4n) is 1.50. The first-order valence-electron chi connectivity index (χ1n) is 4.66. The maximum Gasteiger partial charge on any atom is 0.177 e. The highest BCUT2D eigenvalue weighted by Crippen LogP contribution is 2.07. The van der Waals surface area contributed by atoms with Crippen molar-refractivity contribution in [2.75, 3.05) is 0 Å². The van der Waals surface area contributed by atoms with Crippen molar-refractivity contribution >= 4 is 13.3 Å². The molecule has 0 fully saturated rings. The zero-order chi connectivity index (χ0) is 10.4. The topological polar surface area (TPSA) is 0 Å². The third kappa shape index (κ3) is 2.28. The summed E-state index contributed by atoms with van der Waals surface area (Å²) in [5, 5.41) is 1.33. The second kappa shape index (κ2) is 4.70. The molecule has 1 rings (SSSR count). The number of hydrogen-bond acceptors (Lipinski definition) is 0. The Morgan fingerprint density at radius 3 is 2.43 bits per heavy atom. The van der Waals surface area contributed by atoms with E-state index in [9.17, 15) is 0 Å². The van der Waals surface area contributed by atoms with E-state index >= 15 is 0 Å². The number of benzene rings is 1. The molecule has 0 spiro atoms. The van der Waals surface area contributed by atoms with Crippen LogP contribution in [0.15, 0.2) is 30.3 Å². The van der Waals surface area contributed by atoms with Crippen LogP contribution in [0.2, 0.25) is 12.6 Å². The first kappa shape index (κ1) is 10.6. The SMILES string of the molecule is C#CC[Si](C)(C#CC)c1ccccc1. The quantitative estimate of drug-likeness (QED) is 0.505. The molecule has 1 aromatic rings. The molecule has 1 atom stereocenters. The van der Waals surface area contributed by atoms with Gasteiger partial charge >= 0.3 is 0 Å². The largest absolute Gasteiger partial charge is 0.177 e. The monoisotopic (exact) mass is 198 g/mol. The van der Waals surface area contributed by atoms with Crippen molar-refractivity contribution in [2.24, 2.45) is 0 Å². The van der Waals surface area contributed by atoms with E-state index in [0.717, 1.165) is 6.04 Å². The summed E-state index contributed by atoms with van der Waals surface area (Å²) in [6, 6.07) is 11.2. The number of hydrogen-bond donors (Lipinski definition) is 0. The van der Waals surface area contributed by atoms with Gasteiger partial charge in [0.05, 0.1) is 0 Å². The van der Waals surface area contributed by atoms with Gasteiger partial charge in [-0.15, -0.1) is 23.8 Å². The molecule has 0 saturated heterocycles. The third-order valence-electron chi connectivity index (χ3n) is 2.27. The van der Waals surface area contributed by atoms with Crippen molar-refractivity contribution in [1.82, 2.24) is 0 Å². The Kier molecular flexibility index (Phi) is 3.57. The predicted molar refractivity (Wildman–Crippen MR) is 64.8 cm³/mol. The van der Waals surface area contributed by atoms with Crippen molar-refractivity contribution in [3.05, 3.63) is 30.3 Å². The highest BCUT2D eigenvalue weighted by atomic mass is 28.3. The van der Waals surface area contributed by atoms with E-state index < -0.39 is 8.07 Å². The zero-order valence-corrected chi connectivity index (χ0v) is 9.67. The van der Waals surface area contributed by atoms with Crippen LogP contribution in [0, 0.1) is 23.8 Å². The molecular weight excluding hydrogens is 184 g/mol. The lowest BCUT2D eigenvalue weighted by atomic mass is 10.4. The van der Waals surface area contributed by atoms with Crippen LogP contribution in [0.3, 0.4) is 0 Å². The summed E-state index contributed by atoms with van der Waals surface area (Å²) in [6.45, 7) is 4.10. The first-order valence-corrected chi connectivity index (χ1v) is 7.36. The minimum absolute atomic E-state index is 0.790. The molecule has 0 nitrogen and oxygen atoms in total. The summed E-state index contributed by atoms with van der Waals surface area (Å²) in [5.41, 5.74) is 3.32. The molecule has 1 heteroatoms. The van der Waals surface area contributed by atoms with Crippen LogP contribution < -0.4 is 5.19 Å². The normalized spacial score (nSPS) is 13.2. The van der Waals surface area contributed by atoms with Crippen molar-refractivity contribution < 1.29 is 0 Å². The van der Waals surface area contributed by atoms with Gasteiger partial charge in [-0.3, -0.25) is 0 Å². The molecule has 0 aromatic heterocycles. The molecule has 0 aliphatic heterocycles. The van der Waals surface area contributed by atoms with Gasteiger partial charge in [0.2, 0.25) is 0 Å². The van der Waals surface area contributed by atoms with Crippen LogP contribution in [0.25, 0.3) is 0 Å².